The lowest BCUT2D eigenvalue weighted by Gasteiger charge is -2.14. The number of hydrogen-bond acceptors (Lipinski definition) is 5. The van der Waals surface area contributed by atoms with Crippen molar-refractivity contribution in [3.63, 3.8) is 0 Å². The molecule has 2 aromatic rings. The summed E-state index contributed by atoms with van der Waals surface area (Å²) >= 11 is 6.20. The predicted molar refractivity (Wildman–Crippen MR) is 94.9 cm³/mol. The van der Waals surface area contributed by atoms with Gasteiger partial charge < -0.3 is 19.5 Å². The maximum atomic E-state index is 12.5. The lowest BCUT2D eigenvalue weighted by atomic mass is 10.1. The Morgan fingerprint density at radius 2 is 1.72 bits per heavy atom. The summed E-state index contributed by atoms with van der Waals surface area (Å²) < 4.78 is 15.3. The molecule has 0 fully saturated rings. The van der Waals surface area contributed by atoms with Crippen molar-refractivity contribution in [2.24, 2.45) is 0 Å². The van der Waals surface area contributed by atoms with Crippen LogP contribution >= 0.6 is 11.6 Å². The van der Waals surface area contributed by atoms with E-state index in [1.54, 1.807) is 31.2 Å². The van der Waals surface area contributed by atoms with Gasteiger partial charge in [-0.1, -0.05) is 23.7 Å². The summed E-state index contributed by atoms with van der Waals surface area (Å²) in [4.78, 5) is 24.4. The number of amides is 1. The first-order valence-electron chi connectivity index (χ1n) is 7.50. The summed E-state index contributed by atoms with van der Waals surface area (Å²) in [6.07, 6.45) is 0. The standard InChI is InChI=1S/C18H18ClNO5/c1-4-25-18(22)12-9-13(19)14(10-16(12)24-3)20-17(21)11-7-5-6-8-15(11)23-2/h5-10H,4H2,1-3H3,(H,20,21). The van der Waals surface area contributed by atoms with Gasteiger partial charge in [-0.15, -0.1) is 0 Å². The third kappa shape index (κ3) is 4.22. The Kier molecular flexibility index (Phi) is 6.25. The van der Waals surface area contributed by atoms with Crippen molar-refractivity contribution in [2.75, 3.05) is 26.1 Å². The first-order chi connectivity index (χ1) is 12.0. The molecule has 0 bridgehead atoms. The summed E-state index contributed by atoms with van der Waals surface area (Å²) in [6.45, 7) is 1.93. The zero-order valence-electron chi connectivity index (χ0n) is 14.1. The van der Waals surface area contributed by atoms with Crippen LogP contribution in [0.25, 0.3) is 0 Å². The number of esters is 1. The molecule has 2 rings (SSSR count). The fraction of sp³-hybridized carbons (Fsp3) is 0.222. The Labute approximate surface area is 150 Å². The Balaban J connectivity index is 2.34. The molecule has 0 heterocycles. The van der Waals surface area contributed by atoms with Crippen molar-refractivity contribution in [3.05, 3.63) is 52.5 Å². The minimum absolute atomic E-state index is 0.185. The van der Waals surface area contributed by atoms with E-state index < -0.39 is 11.9 Å². The average molecular weight is 364 g/mol. The van der Waals surface area contributed by atoms with E-state index in [1.807, 2.05) is 0 Å². The number of para-hydroxylation sites is 1. The first kappa shape index (κ1) is 18.6. The summed E-state index contributed by atoms with van der Waals surface area (Å²) in [5.74, 6) is -0.265. The molecule has 0 atom stereocenters. The molecular weight excluding hydrogens is 346 g/mol. The Bertz CT molecular complexity index is 791. The summed E-state index contributed by atoms with van der Waals surface area (Å²) in [6, 6.07) is 9.68. The Morgan fingerprint density at radius 3 is 2.36 bits per heavy atom. The monoisotopic (exact) mass is 363 g/mol. The third-order valence-corrected chi connectivity index (χ3v) is 3.70. The predicted octanol–water partition coefficient (Wildman–Crippen LogP) is 3.79. The highest BCUT2D eigenvalue weighted by Crippen LogP contribution is 2.32. The number of carbonyl (C=O) groups is 2. The second kappa shape index (κ2) is 8.39. The van der Waals surface area contributed by atoms with Gasteiger partial charge in [0, 0.05) is 6.07 Å². The number of carbonyl (C=O) groups excluding carboxylic acids is 2. The molecule has 2 aromatic carbocycles. The van der Waals surface area contributed by atoms with Crippen LogP contribution in [-0.4, -0.2) is 32.7 Å². The summed E-state index contributed by atoms with van der Waals surface area (Å²) in [5.41, 5.74) is 0.849. The largest absolute Gasteiger partial charge is 0.496 e. The van der Waals surface area contributed by atoms with Gasteiger partial charge in [-0.3, -0.25) is 4.79 Å². The van der Waals surface area contributed by atoms with Gasteiger partial charge in [0.25, 0.3) is 5.91 Å². The molecule has 0 aromatic heterocycles. The van der Waals surface area contributed by atoms with Crippen LogP contribution < -0.4 is 14.8 Å². The highest BCUT2D eigenvalue weighted by atomic mass is 35.5. The van der Waals surface area contributed by atoms with Gasteiger partial charge in [-0.25, -0.2) is 4.79 Å². The molecule has 1 N–H and O–H groups in total. The molecule has 7 heteroatoms. The molecule has 0 aliphatic rings. The van der Waals surface area contributed by atoms with E-state index in [2.05, 4.69) is 5.32 Å². The van der Waals surface area contributed by atoms with Crippen molar-refractivity contribution >= 4 is 29.2 Å². The van der Waals surface area contributed by atoms with Crippen LogP contribution in [0.1, 0.15) is 27.6 Å². The normalized spacial score (nSPS) is 10.1. The van der Waals surface area contributed by atoms with Gasteiger partial charge in [0.15, 0.2) is 0 Å². The number of methoxy groups -OCH3 is 2. The summed E-state index contributed by atoms with van der Waals surface area (Å²) in [5, 5.41) is 2.88. The topological polar surface area (TPSA) is 73.9 Å². The Morgan fingerprint density at radius 1 is 1.04 bits per heavy atom. The molecule has 25 heavy (non-hydrogen) atoms. The Hall–Kier alpha value is -2.73. The van der Waals surface area contributed by atoms with E-state index in [0.717, 1.165) is 0 Å². The van der Waals surface area contributed by atoms with Gasteiger partial charge in [0.05, 0.1) is 37.1 Å². The number of hydrogen-bond donors (Lipinski definition) is 1. The van der Waals surface area contributed by atoms with E-state index in [-0.39, 0.29) is 22.9 Å². The minimum atomic E-state index is -0.552. The van der Waals surface area contributed by atoms with Crippen molar-refractivity contribution < 1.29 is 23.8 Å². The molecule has 0 saturated carbocycles. The third-order valence-electron chi connectivity index (χ3n) is 3.38. The number of nitrogens with one attached hydrogen (secondary N) is 1. The smallest absolute Gasteiger partial charge is 0.341 e. The van der Waals surface area contributed by atoms with E-state index in [0.29, 0.717) is 17.0 Å². The van der Waals surface area contributed by atoms with Crippen LogP contribution in [0.4, 0.5) is 5.69 Å². The quantitative estimate of drug-likeness (QED) is 0.790. The SMILES string of the molecule is CCOC(=O)c1cc(Cl)c(NC(=O)c2ccccc2OC)cc1OC. The second-order valence-electron chi connectivity index (χ2n) is 4.91. The number of benzene rings is 2. The number of ether oxygens (including phenoxy) is 3. The van der Waals surface area contributed by atoms with Crippen molar-refractivity contribution in [1.29, 1.82) is 0 Å². The van der Waals surface area contributed by atoms with Crippen LogP contribution in [0.15, 0.2) is 36.4 Å². The molecule has 6 nitrogen and oxygen atoms in total. The molecule has 0 aliphatic carbocycles. The van der Waals surface area contributed by atoms with E-state index in [1.165, 1.54) is 26.4 Å². The second-order valence-corrected chi connectivity index (χ2v) is 5.31. The molecule has 0 saturated heterocycles. The van der Waals surface area contributed by atoms with E-state index >= 15 is 0 Å². The molecule has 0 radical (unpaired) electrons. The maximum absolute atomic E-state index is 12.5. The molecule has 132 valence electrons. The van der Waals surface area contributed by atoms with Crippen molar-refractivity contribution in [3.8, 4) is 11.5 Å². The van der Waals surface area contributed by atoms with Gasteiger partial charge in [-0.2, -0.15) is 0 Å². The van der Waals surface area contributed by atoms with Crippen LogP contribution in [-0.2, 0) is 4.74 Å². The van der Waals surface area contributed by atoms with Gasteiger partial charge in [0.1, 0.15) is 17.1 Å². The summed E-state index contributed by atoms with van der Waals surface area (Å²) in [7, 11) is 2.90. The molecule has 0 spiro atoms. The minimum Gasteiger partial charge on any atom is -0.496 e. The number of rotatable bonds is 6. The first-order valence-corrected chi connectivity index (χ1v) is 7.88. The number of anilines is 1. The molecular formula is C18H18ClNO5. The van der Waals surface area contributed by atoms with Crippen molar-refractivity contribution in [1.82, 2.24) is 0 Å². The highest BCUT2D eigenvalue weighted by Gasteiger charge is 2.19. The fourth-order valence-corrected chi connectivity index (χ4v) is 2.42. The van der Waals surface area contributed by atoms with Crippen LogP contribution in [0.3, 0.4) is 0 Å². The lowest BCUT2D eigenvalue weighted by Crippen LogP contribution is -2.14. The number of halogens is 1. The lowest BCUT2D eigenvalue weighted by molar-refractivity contribution is 0.0522. The molecule has 1 amide bonds. The van der Waals surface area contributed by atoms with Gasteiger partial charge >= 0.3 is 5.97 Å². The zero-order valence-corrected chi connectivity index (χ0v) is 14.8. The van der Waals surface area contributed by atoms with Gasteiger partial charge in [0.2, 0.25) is 0 Å². The highest BCUT2D eigenvalue weighted by molar-refractivity contribution is 6.34. The van der Waals surface area contributed by atoms with Crippen LogP contribution in [0.2, 0.25) is 5.02 Å². The van der Waals surface area contributed by atoms with Crippen LogP contribution in [0, 0.1) is 0 Å². The van der Waals surface area contributed by atoms with E-state index in [9.17, 15) is 9.59 Å². The molecule has 0 aliphatic heterocycles. The zero-order chi connectivity index (χ0) is 18.4. The van der Waals surface area contributed by atoms with Crippen LogP contribution in [0.5, 0.6) is 11.5 Å². The average Bonchev–Trinajstić information content (AvgIpc) is 2.63. The van der Waals surface area contributed by atoms with E-state index in [4.69, 9.17) is 25.8 Å². The van der Waals surface area contributed by atoms with Crippen molar-refractivity contribution in [2.45, 2.75) is 6.92 Å². The fourth-order valence-electron chi connectivity index (χ4n) is 2.21. The molecule has 0 unspecified atom stereocenters. The van der Waals surface area contributed by atoms with Gasteiger partial charge in [-0.05, 0) is 25.1 Å². The maximum Gasteiger partial charge on any atom is 0.341 e.